The predicted octanol–water partition coefficient (Wildman–Crippen LogP) is 9.26. The van der Waals surface area contributed by atoms with Crippen LogP contribution in [0.1, 0.15) is 69.2 Å². The van der Waals surface area contributed by atoms with Crippen LogP contribution in [0, 0.1) is 5.92 Å². The van der Waals surface area contributed by atoms with Crippen molar-refractivity contribution in [3.05, 3.63) is 129 Å². The summed E-state index contributed by atoms with van der Waals surface area (Å²) in [5.74, 6) is -0.0119. The van der Waals surface area contributed by atoms with Gasteiger partial charge in [-0.2, -0.15) is 0 Å². The third kappa shape index (κ3) is 9.03. The van der Waals surface area contributed by atoms with E-state index in [4.69, 9.17) is 8.84 Å². The summed E-state index contributed by atoms with van der Waals surface area (Å²) in [4.78, 5) is 45.0. The Bertz CT molecular complexity index is 2680. The number of aromatic nitrogens is 2. The minimum Gasteiger partial charge on any atom is -0.506 e. The normalized spacial score (nSPS) is 18.4. The van der Waals surface area contributed by atoms with Crippen molar-refractivity contribution in [3.63, 3.8) is 0 Å². The molecule has 12 nitrogen and oxygen atoms in total. The lowest BCUT2D eigenvalue weighted by molar-refractivity contribution is 0.0838. The number of nitrogens with one attached hydrogen (secondary N) is 2. The molecule has 0 unspecified atom stereocenters. The number of phenols is 1. The number of phenolic OH excluding ortho intramolecular Hbond substituents is 1. The van der Waals surface area contributed by atoms with Gasteiger partial charge in [0, 0.05) is 43.2 Å². The number of H-pyrrole nitrogens is 1. The van der Waals surface area contributed by atoms with Crippen LogP contribution in [0.3, 0.4) is 0 Å². The molecule has 2 atom stereocenters. The second-order valence-electron chi connectivity index (χ2n) is 18.6. The lowest BCUT2D eigenvalue weighted by atomic mass is 9.82. The fourth-order valence-corrected chi connectivity index (χ4v) is 10.4. The van der Waals surface area contributed by atoms with E-state index in [1.165, 1.54) is 6.07 Å². The molecule has 0 spiro atoms. The number of fused-ring (bicyclic) bond motifs is 5. The summed E-state index contributed by atoms with van der Waals surface area (Å²) in [5, 5.41) is 25.4. The molecule has 3 saturated heterocycles. The van der Waals surface area contributed by atoms with E-state index in [0.717, 1.165) is 96.1 Å². The van der Waals surface area contributed by atoms with Gasteiger partial charge in [0.1, 0.15) is 5.75 Å². The quantitative estimate of drug-likeness (QED) is 0.0585. The summed E-state index contributed by atoms with van der Waals surface area (Å²) in [7, 11) is -2.25. The van der Waals surface area contributed by atoms with Crippen LogP contribution in [0.5, 0.6) is 5.75 Å². The third-order valence-corrected chi connectivity index (χ3v) is 18.0. The Kier molecular flexibility index (Phi) is 12.3. The van der Waals surface area contributed by atoms with Crippen LogP contribution in [-0.2, 0) is 23.9 Å². The van der Waals surface area contributed by atoms with Gasteiger partial charge in [0.2, 0.25) is 5.56 Å². The number of unbranched alkanes of at least 4 members (excludes halogenated alkanes) is 1. The highest BCUT2D eigenvalue weighted by atomic mass is 28.4. The van der Waals surface area contributed by atoms with Crippen molar-refractivity contribution in [3.8, 4) is 16.9 Å². The Morgan fingerprint density at radius 1 is 0.968 bits per heavy atom. The van der Waals surface area contributed by atoms with Gasteiger partial charge in [0.15, 0.2) is 13.9 Å². The number of pyridine rings is 1. The molecule has 3 aliphatic rings. The molecule has 9 rings (SSSR count). The van der Waals surface area contributed by atoms with Gasteiger partial charge in [-0.25, -0.2) is 9.59 Å². The number of carboxylic acid groups (broad SMARTS) is 1. The zero-order chi connectivity index (χ0) is 43.8. The smallest absolute Gasteiger partial charge is 0.419 e. The average Bonchev–Trinajstić information content (AvgIpc) is 3.56. The molecule has 2 bridgehead atoms. The molecule has 3 aliphatic heterocycles. The summed E-state index contributed by atoms with van der Waals surface area (Å²) in [6.45, 7) is 15.4. The van der Waals surface area contributed by atoms with Gasteiger partial charge in [0.25, 0.3) is 0 Å². The number of carbonyl (C=O) groups is 1. The number of rotatable bonds is 15. The van der Waals surface area contributed by atoms with Crippen molar-refractivity contribution in [2.45, 2.75) is 96.2 Å². The maximum atomic E-state index is 13.1. The zero-order valence-electron chi connectivity index (χ0n) is 36.4. The predicted molar refractivity (Wildman–Crippen MR) is 248 cm³/mol. The first-order valence-corrected chi connectivity index (χ1v) is 24.9. The van der Waals surface area contributed by atoms with Crippen LogP contribution >= 0.6 is 0 Å². The molecule has 3 fully saturated rings. The number of anilines is 1. The summed E-state index contributed by atoms with van der Waals surface area (Å²) < 4.78 is 14.4. The van der Waals surface area contributed by atoms with E-state index < -0.39 is 14.4 Å². The average molecular weight is 858 g/mol. The van der Waals surface area contributed by atoms with Gasteiger partial charge in [-0.1, -0.05) is 69.3 Å². The van der Waals surface area contributed by atoms with Gasteiger partial charge in [-0.15, -0.1) is 0 Å². The molecule has 1 amide bonds. The van der Waals surface area contributed by atoms with Crippen molar-refractivity contribution in [1.82, 2.24) is 19.8 Å². The van der Waals surface area contributed by atoms with E-state index in [2.05, 4.69) is 61.2 Å². The number of hydrogen-bond acceptors (Lipinski definition) is 8. The fraction of sp³-hybridized carbons (Fsp3) is 0.408. The lowest BCUT2D eigenvalue weighted by Gasteiger charge is -2.48. The molecule has 5 heterocycles. The summed E-state index contributed by atoms with van der Waals surface area (Å²) >= 11 is 0. The molecular formula is C49H59N5O7Si. The second-order valence-corrected chi connectivity index (χ2v) is 23.4. The van der Waals surface area contributed by atoms with Crippen LogP contribution in [0.4, 0.5) is 10.5 Å². The number of benzene rings is 4. The maximum Gasteiger partial charge on any atom is 0.419 e. The first-order chi connectivity index (χ1) is 29.7. The van der Waals surface area contributed by atoms with Crippen molar-refractivity contribution in [1.29, 1.82) is 0 Å². The van der Waals surface area contributed by atoms with E-state index in [0.29, 0.717) is 36.7 Å². The number of aromatic amines is 1. The van der Waals surface area contributed by atoms with Gasteiger partial charge >= 0.3 is 11.8 Å². The van der Waals surface area contributed by atoms with Crippen LogP contribution in [0.2, 0.25) is 18.1 Å². The Balaban J connectivity index is 0.935. The highest BCUT2D eigenvalue weighted by molar-refractivity contribution is 6.74. The number of nitrogens with zero attached hydrogens (tertiary/aromatic N) is 3. The van der Waals surface area contributed by atoms with Gasteiger partial charge in [0.05, 0.1) is 28.9 Å². The fourth-order valence-electron chi connectivity index (χ4n) is 9.11. The van der Waals surface area contributed by atoms with Gasteiger partial charge in [-0.05, 0) is 128 Å². The minimum atomic E-state index is -2.25. The first kappa shape index (κ1) is 43.2. The molecule has 0 radical (unpaired) electrons. The summed E-state index contributed by atoms with van der Waals surface area (Å²) in [5.41, 5.74) is 7.00. The van der Waals surface area contributed by atoms with Crippen LogP contribution in [0.15, 0.2) is 105 Å². The van der Waals surface area contributed by atoms with Gasteiger partial charge < -0.3 is 34.3 Å². The zero-order valence-corrected chi connectivity index (χ0v) is 37.4. The van der Waals surface area contributed by atoms with Crippen LogP contribution in [-0.4, -0.2) is 71.3 Å². The lowest BCUT2D eigenvalue weighted by Crippen LogP contribution is -2.58. The second kappa shape index (κ2) is 17.7. The monoisotopic (exact) mass is 857 g/mol. The Morgan fingerprint density at radius 2 is 1.73 bits per heavy atom. The van der Waals surface area contributed by atoms with Gasteiger partial charge in [-0.3, -0.25) is 14.3 Å². The van der Waals surface area contributed by atoms with E-state index in [1.807, 2.05) is 60.7 Å². The standard InChI is InChI=1S/C49H59N5O7Si/c1-49(2,3)62(4,5)61-44(36-16-20-42(55)46-37(36)17-21-45(56)51-46)30-50-29-33-15-19-40-43(28-33)60-48(59)53(40)24-10-9-11-32-14-18-39(38(27-32)34-12-7-6-8-13-34)54(47(57)58)41-31-52-25-22-35(41)23-26-52/h6-8,12-21,27-28,35,41,44,50,55H,9-11,22-26,29-31H2,1-5H3,(H,51,56)(H,57,58)/t41-,44+/m0/s1. The number of aromatic hydroxyl groups is 1. The van der Waals surface area contributed by atoms with E-state index in [9.17, 15) is 24.6 Å². The summed E-state index contributed by atoms with van der Waals surface area (Å²) in [6.07, 6.45) is 3.17. The van der Waals surface area contributed by atoms with Crippen molar-refractivity contribution in [2.75, 3.05) is 31.1 Å². The topological polar surface area (TPSA) is 153 Å². The SMILES string of the molecule is CC(C)(C)[Si](C)(C)O[C@H](CNCc1ccc2c(c1)oc(=O)n2CCCCc1ccc(N(C(=O)O)[C@H]2CN3CCC2CC3)c(-c2ccccc2)c1)c1ccc(O)c2[nH]c(=O)ccc12. The van der Waals surface area contributed by atoms with E-state index in [-0.39, 0.29) is 34.2 Å². The third-order valence-electron chi connectivity index (χ3n) is 13.6. The largest absolute Gasteiger partial charge is 0.506 e. The van der Waals surface area contributed by atoms with E-state index in [1.54, 1.807) is 21.6 Å². The minimum absolute atomic E-state index is 0.00920. The first-order valence-electron chi connectivity index (χ1n) is 22.0. The molecule has 0 aliphatic carbocycles. The number of hydrogen-bond donors (Lipinski definition) is 4. The highest BCUT2D eigenvalue weighted by Gasteiger charge is 2.41. The number of amides is 1. The van der Waals surface area contributed by atoms with Crippen LogP contribution in [0.25, 0.3) is 33.1 Å². The summed E-state index contributed by atoms with van der Waals surface area (Å²) in [6, 6.07) is 28.7. The van der Waals surface area contributed by atoms with Crippen LogP contribution < -0.4 is 21.5 Å². The molecule has 13 heteroatoms. The number of piperidine rings is 3. The molecule has 2 aromatic heterocycles. The Labute approximate surface area is 363 Å². The molecule has 4 aromatic carbocycles. The molecular weight excluding hydrogens is 799 g/mol. The molecule has 0 saturated carbocycles. The Hall–Kier alpha value is -5.47. The van der Waals surface area contributed by atoms with Crippen molar-refractivity contribution in [2.24, 2.45) is 5.92 Å². The van der Waals surface area contributed by atoms with Crippen molar-refractivity contribution >= 4 is 42.1 Å². The van der Waals surface area contributed by atoms with Crippen molar-refractivity contribution < 1.29 is 23.9 Å². The molecule has 62 heavy (non-hydrogen) atoms. The molecule has 4 N–H and O–H groups in total. The Morgan fingerprint density at radius 3 is 2.44 bits per heavy atom. The molecule has 326 valence electrons. The number of oxazole rings is 1. The molecule has 6 aromatic rings. The number of aryl methyl sites for hydroxylation is 2. The maximum absolute atomic E-state index is 13.1. The highest BCUT2D eigenvalue weighted by Crippen LogP contribution is 2.42. The van der Waals surface area contributed by atoms with E-state index >= 15 is 0 Å².